The second kappa shape index (κ2) is 7.27. The van der Waals surface area contributed by atoms with Gasteiger partial charge in [-0.3, -0.25) is 4.79 Å². The van der Waals surface area contributed by atoms with Crippen molar-refractivity contribution in [3.05, 3.63) is 52.5 Å². The number of H-pyrrole nitrogens is 1. The topological polar surface area (TPSA) is 82.3 Å². The summed E-state index contributed by atoms with van der Waals surface area (Å²) < 4.78 is 41.0. The van der Waals surface area contributed by atoms with Gasteiger partial charge in [-0.25, -0.2) is 17.5 Å². The zero-order valence-corrected chi connectivity index (χ0v) is 15.6. The molecule has 1 amide bonds. The molecule has 1 aromatic carbocycles. The van der Waals surface area contributed by atoms with E-state index in [2.05, 4.69) is 25.6 Å². The lowest BCUT2D eigenvalue weighted by Gasteiger charge is -2.32. The van der Waals surface area contributed by atoms with Crippen LogP contribution in [0.25, 0.3) is 0 Å². The Balaban J connectivity index is 1.59. The van der Waals surface area contributed by atoms with Gasteiger partial charge < -0.3 is 9.88 Å². The van der Waals surface area contributed by atoms with Crippen LogP contribution in [0.2, 0.25) is 0 Å². The molecule has 1 fully saturated rings. The van der Waals surface area contributed by atoms with Crippen LogP contribution in [-0.2, 0) is 10.0 Å². The molecule has 0 spiro atoms. The number of halogens is 2. The molecule has 1 saturated heterocycles. The molecule has 2 N–H and O–H groups in total. The molecule has 0 bridgehead atoms. The number of aromatic nitrogens is 1. The van der Waals surface area contributed by atoms with Gasteiger partial charge in [0.05, 0.1) is 4.90 Å². The molecular formula is C16H17BrFN3O3S. The third-order valence-corrected chi connectivity index (χ3v) is 6.10. The minimum Gasteiger partial charge on any atom is -0.356 e. The molecule has 0 atom stereocenters. The summed E-state index contributed by atoms with van der Waals surface area (Å²) in [6.07, 6.45) is 2.74. The van der Waals surface area contributed by atoms with E-state index in [-0.39, 0.29) is 16.8 Å². The van der Waals surface area contributed by atoms with Crippen LogP contribution in [0.5, 0.6) is 0 Å². The number of hydrogen-bond acceptors (Lipinski definition) is 3. The first kappa shape index (κ1) is 18.1. The van der Waals surface area contributed by atoms with E-state index in [0.29, 0.717) is 31.6 Å². The number of hydrogen-bond donors (Lipinski definition) is 2. The maximum absolute atomic E-state index is 12.9. The van der Waals surface area contributed by atoms with Gasteiger partial charge in [-0.2, -0.15) is 0 Å². The van der Waals surface area contributed by atoms with Crippen molar-refractivity contribution in [2.75, 3.05) is 13.1 Å². The number of aromatic amines is 1. The number of nitrogens with zero attached hydrogens (tertiary/aromatic N) is 1. The molecular weight excluding hydrogens is 413 g/mol. The first-order valence-corrected chi connectivity index (χ1v) is 10.0. The van der Waals surface area contributed by atoms with E-state index < -0.39 is 15.8 Å². The molecule has 0 unspecified atom stereocenters. The van der Waals surface area contributed by atoms with E-state index in [0.717, 1.165) is 16.6 Å². The Morgan fingerprint density at radius 2 is 1.88 bits per heavy atom. The largest absolute Gasteiger partial charge is 0.356 e. The van der Waals surface area contributed by atoms with Crippen LogP contribution < -0.4 is 4.72 Å². The molecule has 6 nitrogen and oxygen atoms in total. The number of nitrogens with one attached hydrogen (secondary N) is 2. The molecule has 0 radical (unpaired) electrons. The van der Waals surface area contributed by atoms with Gasteiger partial charge in [-0.1, -0.05) is 0 Å². The average Bonchev–Trinajstić information content (AvgIpc) is 3.01. The lowest BCUT2D eigenvalue weighted by Crippen LogP contribution is -2.46. The van der Waals surface area contributed by atoms with Crippen molar-refractivity contribution < 1.29 is 17.6 Å². The summed E-state index contributed by atoms with van der Waals surface area (Å²) in [6, 6.07) is 6.16. The Morgan fingerprint density at radius 1 is 1.24 bits per heavy atom. The Hall–Kier alpha value is -1.71. The molecule has 134 valence electrons. The fourth-order valence-corrected chi connectivity index (χ4v) is 4.41. The summed E-state index contributed by atoms with van der Waals surface area (Å²) in [5, 5.41) is 0. The summed E-state index contributed by atoms with van der Waals surface area (Å²) in [6.45, 7) is 0.929. The average molecular weight is 430 g/mol. The van der Waals surface area contributed by atoms with Gasteiger partial charge in [0.25, 0.3) is 5.91 Å². The number of carbonyl (C=O) groups excluding carboxylic acids is 1. The number of piperidine rings is 1. The summed E-state index contributed by atoms with van der Waals surface area (Å²) in [7, 11) is -3.70. The predicted molar refractivity (Wildman–Crippen MR) is 94.1 cm³/mol. The van der Waals surface area contributed by atoms with Crippen LogP contribution >= 0.6 is 15.9 Å². The van der Waals surface area contributed by atoms with Gasteiger partial charge in [0.1, 0.15) is 11.5 Å². The molecule has 2 heterocycles. The monoisotopic (exact) mass is 429 g/mol. The van der Waals surface area contributed by atoms with Crippen molar-refractivity contribution in [3.8, 4) is 0 Å². The maximum Gasteiger partial charge on any atom is 0.270 e. The van der Waals surface area contributed by atoms with Crippen molar-refractivity contribution in [2.45, 2.75) is 23.8 Å². The molecule has 9 heteroatoms. The van der Waals surface area contributed by atoms with Crippen LogP contribution in [0.15, 0.2) is 45.9 Å². The van der Waals surface area contributed by atoms with Gasteiger partial charge >= 0.3 is 0 Å². The van der Waals surface area contributed by atoms with Crippen molar-refractivity contribution in [3.63, 3.8) is 0 Å². The van der Waals surface area contributed by atoms with E-state index in [9.17, 15) is 17.6 Å². The van der Waals surface area contributed by atoms with Crippen LogP contribution in [-0.4, -0.2) is 43.3 Å². The van der Waals surface area contributed by atoms with E-state index in [1.165, 1.54) is 12.1 Å². The molecule has 1 aliphatic heterocycles. The number of amides is 1. The van der Waals surface area contributed by atoms with Gasteiger partial charge in [-0.05, 0) is 59.1 Å². The lowest BCUT2D eigenvalue weighted by molar-refractivity contribution is 0.0706. The zero-order valence-electron chi connectivity index (χ0n) is 13.2. The van der Waals surface area contributed by atoms with Gasteiger partial charge in [0.2, 0.25) is 10.0 Å². The van der Waals surface area contributed by atoms with Crippen LogP contribution in [0.3, 0.4) is 0 Å². The number of benzene rings is 1. The smallest absolute Gasteiger partial charge is 0.270 e. The Kier molecular flexibility index (Phi) is 5.26. The molecule has 25 heavy (non-hydrogen) atoms. The number of likely N-dealkylation sites (tertiary alicyclic amines) is 1. The first-order chi connectivity index (χ1) is 11.8. The van der Waals surface area contributed by atoms with E-state index in [1.807, 2.05) is 0 Å². The SMILES string of the molecule is O=C(c1cc(Br)c[nH]1)N1CCC(NS(=O)(=O)c2ccc(F)cc2)CC1. The normalized spacial score (nSPS) is 16.2. The van der Waals surface area contributed by atoms with Crippen LogP contribution in [0, 0.1) is 5.82 Å². The molecule has 3 rings (SSSR count). The third kappa shape index (κ3) is 4.28. The van der Waals surface area contributed by atoms with Gasteiger partial charge in [-0.15, -0.1) is 0 Å². The first-order valence-electron chi connectivity index (χ1n) is 7.76. The fourth-order valence-electron chi connectivity index (χ4n) is 2.76. The highest BCUT2D eigenvalue weighted by Gasteiger charge is 2.27. The third-order valence-electron chi connectivity index (χ3n) is 4.11. The maximum atomic E-state index is 12.9. The standard InChI is InChI=1S/C16H17BrFN3O3S/c17-11-9-15(19-10-11)16(22)21-7-5-13(6-8-21)20-25(23,24)14-3-1-12(18)2-4-14/h1-4,9-10,13,19-20H,5-8H2. The minimum absolute atomic E-state index is 0.0311. The second-order valence-corrected chi connectivity index (χ2v) is 8.50. The van der Waals surface area contributed by atoms with Crippen LogP contribution in [0.4, 0.5) is 4.39 Å². The Bertz CT molecular complexity index is 859. The van der Waals surface area contributed by atoms with E-state index >= 15 is 0 Å². The highest BCUT2D eigenvalue weighted by atomic mass is 79.9. The number of rotatable bonds is 4. The fraction of sp³-hybridized carbons (Fsp3) is 0.312. The Morgan fingerprint density at radius 3 is 2.44 bits per heavy atom. The Labute approximate surface area is 153 Å². The molecule has 1 aliphatic rings. The van der Waals surface area contributed by atoms with Gasteiger partial charge in [0, 0.05) is 29.8 Å². The van der Waals surface area contributed by atoms with Crippen LogP contribution in [0.1, 0.15) is 23.3 Å². The summed E-state index contributed by atoms with van der Waals surface area (Å²) in [5.74, 6) is -0.590. The highest BCUT2D eigenvalue weighted by molar-refractivity contribution is 9.10. The molecule has 0 saturated carbocycles. The van der Waals surface area contributed by atoms with Crippen molar-refractivity contribution >= 4 is 31.9 Å². The molecule has 2 aromatic rings. The molecule has 0 aliphatic carbocycles. The van der Waals surface area contributed by atoms with Crippen molar-refractivity contribution in [2.24, 2.45) is 0 Å². The number of carbonyl (C=O) groups is 1. The summed E-state index contributed by atoms with van der Waals surface area (Å²) in [4.78, 5) is 17.0. The quantitative estimate of drug-likeness (QED) is 0.782. The van der Waals surface area contributed by atoms with E-state index in [1.54, 1.807) is 17.2 Å². The lowest BCUT2D eigenvalue weighted by atomic mass is 10.1. The summed E-state index contributed by atoms with van der Waals surface area (Å²) in [5.41, 5.74) is 0.497. The zero-order chi connectivity index (χ0) is 18.0. The van der Waals surface area contributed by atoms with Crippen molar-refractivity contribution in [1.82, 2.24) is 14.6 Å². The number of sulfonamides is 1. The predicted octanol–water partition coefficient (Wildman–Crippen LogP) is 2.50. The van der Waals surface area contributed by atoms with E-state index in [4.69, 9.17) is 0 Å². The van der Waals surface area contributed by atoms with Crippen molar-refractivity contribution in [1.29, 1.82) is 0 Å². The van der Waals surface area contributed by atoms with Gasteiger partial charge in [0.15, 0.2) is 0 Å². The second-order valence-electron chi connectivity index (χ2n) is 5.87. The minimum atomic E-state index is -3.70. The highest BCUT2D eigenvalue weighted by Crippen LogP contribution is 2.18. The summed E-state index contributed by atoms with van der Waals surface area (Å²) >= 11 is 3.29. The molecule has 1 aromatic heterocycles.